The number of imidazole rings is 1. The van der Waals surface area contributed by atoms with Crippen LogP contribution >= 0.6 is 0 Å². The van der Waals surface area contributed by atoms with Crippen molar-refractivity contribution in [2.45, 2.75) is 44.2 Å². The number of likely N-dealkylation sites (tertiary alicyclic amines) is 1. The summed E-state index contributed by atoms with van der Waals surface area (Å²) in [5.74, 6) is 0. The van der Waals surface area contributed by atoms with Crippen molar-refractivity contribution < 1.29 is 4.79 Å². The molecule has 0 unspecified atom stereocenters. The SMILES string of the molecule is O=C(NC1CCC(n2cnc3cnc4[nH]ccc4c32)CC1)N1CCC1. The molecule has 2 amide bonds. The normalized spacial score (nSPS) is 23.8. The third-order valence-corrected chi connectivity index (χ3v) is 5.68. The summed E-state index contributed by atoms with van der Waals surface area (Å²) in [5.41, 5.74) is 3.02. The molecule has 1 aliphatic heterocycles. The molecular weight excluding hydrogens is 316 g/mol. The third-order valence-electron chi connectivity index (χ3n) is 5.68. The Bertz CT molecular complexity index is 916. The van der Waals surface area contributed by atoms with E-state index in [0.29, 0.717) is 12.1 Å². The fourth-order valence-corrected chi connectivity index (χ4v) is 4.09. The van der Waals surface area contributed by atoms with Gasteiger partial charge in [-0.3, -0.25) is 0 Å². The minimum atomic E-state index is 0.114. The van der Waals surface area contributed by atoms with Crippen LogP contribution in [0.1, 0.15) is 38.1 Å². The van der Waals surface area contributed by atoms with Crippen LogP contribution in [-0.4, -0.2) is 49.6 Å². The van der Waals surface area contributed by atoms with Crippen LogP contribution in [0.5, 0.6) is 0 Å². The summed E-state index contributed by atoms with van der Waals surface area (Å²) in [6, 6.07) is 2.92. The number of amides is 2. The molecule has 0 radical (unpaired) electrons. The number of urea groups is 1. The number of hydrogen-bond donors (Lipinski definition) is 2. The maximum absolute atomic E-state index is 12.1. The lowest BCUT2D eigenvalue weighted by Crippen LogP contribution is -2.51. The number of aromatic amines is 1. The quantitative estimate of drug-likeness (QED) is 0.754. The molecule has 25 heavy (non-hydrogen) atoms. The van der Waals surface area contributed by atoms with Crippen LogP contribution in [0.3, 0.4) is 0 Å². The van der Waals surface area contributed by atoms with Gasteiger partial charge in [0.25, 0.3) is 0 Å². The Balaban J connectivity index is 1.33. The topological polar surface area (TPSA) is 78.8 Å². The van der Waals surface area contributed by atoms with Gasteiger partial charge in [0.15, 0.2) is 0 Å². The zero-order chi connectivity index (χ0) is 16.8. The zero-order valence-electron chi connectivity index (χ0n) is 14.1. The van der Waals surface area contributed by atoms with Gasteiger partial charge in [-0.05, 0) is 38.2 Å². The molecular formula is C18H22N6O. The highest BCUT2D eigenvalue weighted by atomic mass is 16.2. The van der Waals surface area contributed by atoms with E-state index in [1.165, 1.54) is 5.52 Å². The number of aromatic nitrogens is 4. The molecule has 5 rings (SSSR count). The molecule has 0 atom stereocenters. The van der Waals surface area contributed by atoms with Crippen molar-refractivity contribution in [3.8, 4) is 0 Å². The number of fused-ring (bicyclic) bond motifs is 3. The summed E-state index contributed by atoms with van der Waals surface area (Å²) in [7, 11) is 0. The number of nitrogens with zero attached hydrogens (tertiary/aromatic N) is 4. The van der Waals surface area contributed by atoms with Gasteiger partial charge in [-0.1, -0.05) is 0 Å². The number of pyridine rings is 1. The van der Waals surface area contributed by atoms with Gasteiger partial charge >= 0.3 is 6.03 Å². The molecule has 3 aromatic rings. The molecule has 2 N–H and O–H groups in total. The van der Waals surface area contributed by atoms with Gasteiger partial charge in [-0.2, -0.15) is 0 Å². The summed E-state index contributed by atoms with van der Waals surface area (Å²) >= 11 is 0. The van der Waals surface area contributed by atoms with Gasteiger partial charge in [0.05, 0.1) is 18.0 Å². The second-order valence-electron chi connectivity index (χ2n) is 7.18. The van der Waals surface area contributed by atoms with Crippen molar-refractivity contribution in [1.29, 1.82) is 0 Å². The predicted octanol–water partition coefficient (Wildman–Crippen LogP) is 2.81. The highest BCUT2D eigenvalue weighted by Gasteiger charge is 2.27. The van der Waals surface area contributed by atoms with Crippen molar-refractivity contribution in [2.24, 2.45) is 0 Å². The molecule has 7 heteroatoms. The van der Waals surface area contributed by atoms with Gasteiger partial charge < -0.3 is 19.8 Å². The molecule has 4 heterocycles. The van der Waals surface area contributed by atoms with Crippen LogP contribution in [0, 0.1) is 0 Å². The van der Waals surface area contributed by atoms with E-state index in [4.69, 9.17) is 0 Å². The van der Waals surface area contributed by atoms with E-state index in [1.807, 2.05) is 23.6 Å². The van der Waals surface area contributed by atoms with E-state index in [0.717, 1.165) is 61.7 Å². The van der Waals surface area contributed by atoms with E-state index in [2.05, 4.69) is 30.9 Å². The minimum Gasteiger partial charge on any atom is -0.346 e. The van der Waals surface area contributed by atoms with Crippen LogP contribution in [0.25, 0.3) is 22.1 Å². The smallest absolute Gasteiger partial charge is 0.317 e. The van der Waals surface area contributed by atoms with Crippen LogP contribution in [0.2, 0.25) is 0 Å². The van der Waals surface area contributed by atoms with Gasteiger partial charge in [0, 0.05) is 36.8 Å². The van der Waals surface area contributed by atoms with Crippen LogP contribution in [0.15, 0.2) is 24.8 Å². The Labute approximate surface area is 145 Å². The summed E-state index contributed by atoms with van der Waals surface area (Å²) in [6.45, 7) is 1.81. The lowest BCUT2D eigenvalue weighted by atomic mass is 9.91. The first-order valence-electron chi connectivity index (χ1n) is 9.13. The second kappa shape index (κ2) is 5.75. The molecule has 130 valence electrons. The number of rotatable bonds is 2. The Kier molecular flexibility index (Phi) is 3.39. The number of nitrogens with one attached hydrogen (secondary N) is 2. The molecule has 0 spiro atoms. The van der Waals surface area contributed by atoms with Crippen molar-refractivity contribution >= 4 is 28.1 Å². The number of H-pyrrole nitrogens is 1. The molecule has 2 aliphatic rings. The van der Waals surface area contributed by atoms with Crippen molar-refractivity contribution in [1.82, 2.24) is 29.7 Å². The Morgan fingerprint density at radius 2 is 2.04 bits per heavy atom. The number of carbonyl (C=O) groups is 1. The van der Waals surface area contributed by atoms with E-state index in [-0.39, 0.29) is 6.03 Å². The molecule has 1 saturated carbocycles. The second-order valence-corrected chi connectivity index (χ2v) is 7.18. The highest BCUT2D eigenvalue weighted by Crippen LogP contribution is 2.33. The lowest BCUT2D eigenvalue weighted by Gasteiger charge is -2.35. The van der Waals surface area contributed by atoms with Crippen LogP contribution in [-0.2, 0) is 0 Å². The maximum atomic E-state index is 12.1. The summed E-state index contributed by atoms with van der Waals surface area (Å²) in [6.07, 6.45) is 11.0. The van der Waals surface area contributed by atoms with Crippen LogP contribution < -0.4 is 5.32 Å². The summed E-state index contributed by atoms with van der Waals surface area (Å²) in [4.78, 5) is 26.1. The van der Waals surface area contributed by atoms with Gasteiger partial charge in [0.2, 0.25) is 0 Å². The van der Waals surface area contributed by atoms with E-state index >= 15 is 0 Å². The Hall–Kier alpha value is -2.57. The minimum absolute atomic E-state index is 0.114. The monoisotopic (exact) mass is 338 g/mol. The van der Waals surface area contributed by atoms with E-state index in [1.54, 1.807) is 0 Å². The average molecular weight is 338 g/mol. The Morgan fingerprint density at radius 3 is 2.80 bits per heavy atom. The molecule has 1 saturated heterocycles. The predicted molar refractivity (Wildman–Crippen MR) is 95.4 cm³/mol. The van der Waals surface area contributed by atoms with Crippen molar-refractivity contribution in [3.05, 3.63) is 24.8 Å². The first-order chi connectivity index (χ1) is 12.3. The highest BCUT2D eigenvalue weighted by molar-refractivity contribution is 6.00. The Morgan fingerprint density at radius 1 is 1.20 bits per heavy atom. The first kappa shape index (κ1) is 14.7. The molecule has 7 nitrogen and oxygen atoms in total. The summed E-state index contributed by atoms with van der Waals surface area (Å²) < 4.78 is 2.31. The molecule has 0 aromatic carbocycles. The largest absolute Gasteiger partial charge is 0.346 e. The van der Waals surface area contributed by atoms with Crippen molar-refractivity contribution in [2.75, 3.05) is 13.1 Å². The first-order valence-corrected chi connectivity index (χ1v) is 9.13. The average Bonchev–Trinajstić information content (AvgIpc) is 3.19. The maximum Gasteiger partial charge on any atom is 0.317 e. The van der Waals surface area contributed by atoms with Gasteiger partial charge in [-0.25, -0.2) is 14.8 Å². The van der Waals surface area contributed by atoms with Crippen molar-refractivity contribution in [3.63, 3.8) is 0 Å². The fourth-order valence-electron chi connectivity index (χ4n) is 4.09. The molecule has 0 bridgehead atoms. The third kappa shape index (κ3) is 2.45. The standard InChI is InChI=1S/C18H22N6O/c25-18(23-8-1-9-23)22-12-2-4-13(5-3-12)24-11-21-15-10-20-17-14(16(15)24)6-7-19-17/h6-7,10-13H,1-5,8-9H2,(H,19,20)(H,22,25). The van der Waals surface area contributed by atoms with Gasteiger partial charge in [-0.15, -0.1) is 0 Å². The fraction of sp³-hybridized carbons (Fsp3) is 0.500. The summed E-state index contributed by atoms with van der Waals surface area (Å²) in [5, 5.41) is 4.32. The molecule has 3 aromatic heterocycles. The zero-order valence-corrected chi connectivity index (χ0v) is 14.1. The lowest BCUT2D eigenvalue weighted by molar-refractivity contribution is 0.159. The molecule has 2 fully saturated rings. The number of hydrogen-bond acceptors (Lipinski definition) is 3. The van der Waals surface area contributed by atoms with Gasteiger partial charge in [0.1, 0.15) is 11.2 Å². The molecule has 1 aliphatic carbocycles. The van der Waals surface area contributed by atoms with E-state index in [9.17, 15) is 4.79 Å². The number of carbonyl (C=O) groups excluding carboxylic acids is 1. The van der Waals surface area contributed by atoms with Crippen LogP contribution in [0.4, 0.5) is 4.79 Å². The van der Waals surface area contributed by atoms with E-state index < -0.39 is 0 Å².